The molecule has 0 saturated carbocycles. The molecule has 2 aromatic rings. The van der Waals surface area contributed by atoms with Gasteiger partial charge in [-0.15, -0.1) is 0 Å². The highest BCUT2D eigenvalue weighted by atomic mass is 19.1. The minimum atomic E-state index is -0.392. The van der Waals surface area contributed by atoms with Crippen LogP contribution in [0.25, 0.3) is 11.4 Å². The highest BCUT2D eigenvalue weighted by molar-refractivity contribution is 5.57. The number of rotatable bonds is 6. The Morgan fingerprint density at radius 2 is 2.15 bits per heavy atom. The number of aromatic nitrogens is 2. The maximum atomic E-state index is 13.4. The Morgan fingerprint density at radius 3 is 2.90 bits per heavy atom. The second kappa shape index (κ2) is 6.96. The van der Waals surface area contributed by atoms with Gasteiger partial charge in [0, 0.05) is 18.3 Å². The van der Waals surface area contributed by atoms with Crippen LogP contribution in [-0.4, -0.2) is 23.6 Å². The number of benzene rings is 1. The van der Waals surface area contributed by atoms with E-state index in [0.29, 0.717) is 12.4 Å². The van der Waals surface area contributed by atoms with Crippen molar-refractivity contribution in [1.82, 2.24) is 15.3 Å². The summed E-state index contributed by atoms with van der Waals surface area (Å²) in [6.07, 6.45) is 2.79. The van der Waals surface area contributed by atoms with Gasteiger partial charge in [0.15, 0.2) is 17.4 Å². The van der Waals surface area contributed by atoms with E-state index in [0.717, 1.165) is 24.2 Å². The van der Waals surface area contributed by atoms with Gasteiger partial charge in [-0.2, -0.15) is 0 Å². The van der Waals surface area contributed by atoms with Crippen molar-refractivity contribution in [3.8, 4) is 17.1 Å². The number of nitrogens with zero attached hydrogens (tertiary/aromatic N) is 2. The highest BCUT2D eigenvalue weighted by Gasteiger charge is 2.08. The molecule has 0 fully saturated rings. The summed E-state index contributed by atoms with van der Waals surface area (Å²) in [7, 11) is 1.44. The lowest BCUT2D eigenvalue weighted by Crippen LogP contribution is -2.15. The van der Waals surface area contributed by atoms with Crippen LogP contribution in [0.1, 0.15) is 19.0 Å². The average molecular weight is 275 g/mol. The van der Waals surface area contributed by atoms with Crippen LogP contribution in [0.5, 0.6) is 5.75 Å². The minimum absolute atomic E-state index is 0.195. The Labute approximate surface area is 118 Å². The van der Waals surface area contributed by atoms with Gasteiger partial charge < -0.3 is 10.1 Å². The predicted octanol–water partition coefficient (Wildman–Crippen LogP) is 2.79. The molecule has 106 valence electrons. The number of hydrogen-bond acceptors (Lipinski definition) is 4. The molecular weight excluding hydrogens is 257 g/mol. The number of nitrogens with one attached hydrogen (secondary N) is 1. The molecule has 0 aliphatic carbocycles. The Balaban J connectivity index is 2.22. The lowest BCUT2D eigenvalue weighted by molar-refractivity contribution is 0.386. The molecule has 20 heavy (non-hydrogen) atoms. The first kappa shape index (κ1) is 14.4. The number of halogens is 1. The van der Waals surface area contributed by atoms with Gasteiger partial charge in [-0.1, -0.05) is 6.92 Å². The zero-order valence-corrected chi connectivity index (χ0v) is 11.7. The van der Waals surface area contributed by atoms with Gasteiger partial charge in [-0.05, 0) is 37.2 Å². The molecule has 1 heterocycles. The molecule has 0 bridgehead atoms. The van der Waals surface area contributed by atoms with Crippen molar-refractivity contribution in [3.05, 3.63) is 42.0 Å². The fourth-order valence-corrected chi connectivity index (χ4v) is 1.83. The van der Waals surface area contributed by atoms with Gasteiger partial charge in [-0.3, -0.25) is 0 Å². The summed E-state index contributed by atoms with van der Waals surface area (Å²) in [4.78, 5) is 8.69. The molecule has 4 nitrogen and oxygen atoms in total. The molecule has 0 amide bonds. The van der Waals surface area contributed by atoms with Gasteiger partial charge in [-0.25, -0.2) is 14.4 Å². The SMILES string of the molecule is CCCNCc1ccnc(-c2ccc(F)c(OC)c2)n1. The van der Waals surface area contributed by atoms with E-state index in [1.54, 1.807) is 18.3 Å². The Bertz CT molecular complexity index is 575. The van der Waals surface area contributed by atoms with E-state index in [2.05, 4.69) is 22.2 Å². The van der Waals surface area contributed by atoms with Gasteiger partial charge in [0.25, 0.3) is 0 Å². The Hall–Kier alpha value is -2.01. The van der Waals surface area contributed by atoms with Crippen molar-refractivity contribution in [2.45, 2.75) is 19.9 Å². The topological polar surface area (TPSA) is 47.0 Å². The molecule has 1 N–H and O–H groups in total. The van der Waals surface area contributed by atoms with Crippen LogP contribution in [-0.2, 0) is 6.54 Å². The van der Waals surface area contributed by atoms with Crippen molar-refractivity contribution in [2.75, 3.05) is 13.7 Å². The molecule has 0 saturated heterocycles. The van der Waals surface area contributed by atoms with Gasteiger partial charge in [0.05, 0.1) is 12.8 Å². The highest BCUT2D eigenvalue weighted by Crippen LogP contribution is 2.23. The zero-order valence-electron chi connectivity index (χ0n) is 11.7. The summed E-state index contributed by atoms with van der Waals surface area (Å²) >= 11 is 0. The molecule has 0 aliphatic rings. The fourth-order valence-electron chi connectivity index (χ4n) is 1.83. The first-order chi connectivity index (χ1) is 9.74. The summed E-state index contributed by atoms with van der Waals surface area (Å²) in [6.45, 7) is 3.76. The fraction of sp³-hybridized carbons (Fsp3) is 0.333. The summed E-state index contributed by atoms with van der Waals surface area (Å²) in [5.41, 5.74) is 1.65. The van der Waals surface area contributed by atoms with E-state index >= 15 is 0 Å². The second-order valence-electron chi connectivity index (χ2n) is 4.40. The van der Waals surface area contributed by atoms with Crippen molar-refractivity contribution in [1.29, 1.82) is 0 Å². The third-order valence-corrected chi connectivity index (χ3v) is 2.86. The maximum absolute atomic E-state index is 13.4. The normalized spacial score (nSPS) is 10.6. The molecule has 0 radical (unpaired) electrons. The van der Waals surface area contributed by atoms with Crippen LogP contribution >= 0.6 is 0 Å². The molecule has 0 unspecified atom stereocenters. The smallest absolute Gasteiger partial charge is 0.165 e. The first-order valence-corrected chi connectivity index (χ1v) is 6.61. The lowest BCUT2D eigenvalue weighted by atomic mass is 10.2. The summed E-state index contributed by atoms with van der Waals surface area (Å²) in [6, 6.07) is 6.48. The summed E-state index contributed by atoms with van der Waals surface area (Å²) < 4.78 is 18.4. The minimum Gasteiger partial charge on any atom is -0.494 e. The van der Waals surface area contributed by atoms with Crippen LogP contribution in [0.15, 0.2) is 30.5 Å². The van der Waals surface area contributed by atoms with E-state index in [9.17, 15) is 4.39 Å². The average Bonchev–Trinajstić information content (AvgIpc) is 2.48. The van der Waals surface area contributed by atoms with Crippen LogP contribution in [0, 0.1) is 5.82 Å². The standard InChI is InChI=1S/C15H18FN3O/c1-3-7-17-10-12-6-8-18-15(19-12)11-4-5-13(16)14(9-11)20-2/h4-6,8-9,17H,3,7,10H2,1-2H3. The second-order valence-corrected chi connectivity index (χ2v) is 4.40. The van der Waals surface area contributed by atoms with E-state index < -0.39 is 5.82 Å². The third-order valence-electron chi connectivity index (χ3n) is 2.86. The van der Waals surface area contributed by atoms with E-state index in [4.69, 9.17) is 4.74 Å². The van der Waals surface area contributed by atoms with Crippen LogP contribution in [0.2, 0.25) is 0 Å². The zero-order chi connectivity index (χ0) is 14.4. The van der Waals surface area contributed by atoms with Gasteiger partial charge in [0.2, 0.25) is 0 Å². The molecule has 0 atom stereocenters. The predicted molar refractivity (Wildman–Crippen MR) is 76.0 cm³/mol. The van der Waals surface area contributed by atoms with Crippen LogP contribution < -0.4 is 10.1 Å². The Kier molecular flexibility index (Phi) is 5.01. The number of methoxy groups -OCH3 is 1. The first-order valence-electron chi connectivity index (χ1n) is 6.61. The van der Waals surface area contributed by atoms with Crippen molar-refractivity contribution in [2.24, 2.45) is 0 Å². The molecule has 2 rings (SSSR count). The summed E-state index contributed by atoms with van der Waals surface area (Å²) in [5, 5.41) is 3.29. The molecule has 0 spiro atoms. The van der Waals surface area contributed by atoms with Crippen LogP contribution in [0.3, 0.4) is 0 Å². The van der Waals surface area contributed by atoms with E-state index in [1.165, 1.54) is 13.2 Å². The largest absolute Gasteiger partial charge is 0.494 e. The monoisotopic (exact) mass is 275 g/mol. The van der Waals surface area contributed by atoms with Crippen LogP contribution in [0.4, 0.5) is 4.39 Å². The number of hydrogen-bond donors (Lipinski definition) is 1. The van der Waals surface area contributed by atoms with Crippen molar-refractivity contribution >= 4 is 0 Å². The molecule has 5 heteroatoms. The molecule has 1 aromatic heterocycles. The van der Waals surface area contributed by atoms with Crippen molar-refractivity contribution < 1.29 is 9.13 Å². The number of ether oxygens (including phenoxy) is 1. The molecule has 1 aromatic carbocycles. The lowest BCUT2D eigenvalue weighted by Gasteiger charge is -2.07. The van der Waals surface area contributed by atoms with E-state index in [1.807, 2.05) is 6.07 Å². The quantitative estimate of drug-likeness (QED) is 0.823. The molecular formula is C15H18FN3O. The van der Waals surface area contributed by atoms with Gasteiger partial charge >= 0.3 is 0 Å². The summed E-state index contributed by atoms with van der Waals surface area (Å²) in [5.74, 6) is 0.372. The van der Waals surface area contributed by atoms with Crippen molar-refractivity contribution in [3.63, 3.8) is 0 Å². The Morgan fingerprint density at radius 1 is 1.30 bits per heavy atom. The van der Waals surface area contributed by atoms with Gasteiger partial charge in [0.1, 0.15) is 0 Å². The van der Waals surface area contributed by atoms with E-state index in [-0.39, 0.29) is 5.75 Å². The maximum Gasteiger partial charge on any atom is 0.165 e. The third kappa shape index (κ3) is 3.51. The molecule has 0 aliphatic heterocycles.